The van der Waals surface area contributed by atoms with E-state index in [1.54, 1.807) is 0 Å². The van der Waals surface area contributed by atoms with Crippen LogP contribution in [0.4, 0.5) is 0 Å². The lowest BCUT2D eigenvalue weighted by Crippen LogP contribution is -2.32. The fourth-order valence-corrected chi connectivity index (χ4v) is 8.83. The molecule has 4 nitrogen and oxygen atoms in total. The van der Waals surface area contributed by atoms with Crippen LogP contribution < -0.4 is 4.74 Å². The van der Waals surface area contributed by atoms with Crippen LogP contribution in [0.15, 0.2) is 200 Å². The zero-order chi connectivity index (χ0) is 37.1. The molecule has 2 heterocycles. The molecular formula is C52H33N3O. The Kier molecular flexibility index (Phi) is 7.36. The lowest BCUT2D eigenvalue weighted by Gasteiger charge is -2.39. The first-order valence-corrected chi connectivity index (χ1v) is 18.9. The van der Waals surface area contributed by atoms with Crippen LogP contribution >= 0.6 is 0 Å². The van der Waals surface area contributed by atoms with Gasteiger partial charge in [-0.05, 0) is 62.7 Å². The van der Waals surface area contributed by atoms with Gasteiger partial charge in [-0.3, -0.25) is 0 Å². The number of rotatable bonds is 5. The number of benzene rings is 8. The fraction of sp³-hybridized carbons (Fsp3) is 0.0192. The maximum absolute atomic E-state index is 6.60. The molecule has 8 aromatic carbocycles. The van der Waals surface area contributed by atoms with Gasteiger partial charge in [-0.25, -0.2) is 15.0 Å². The molecule has 9 aromatic rings. The summed E-state index contributed by atoms with van der Waals surface area (Å²) in [5.74, 6) is 3.57. The Morgan fingerprint density at radius 1 is 0.286 bits per heavy atom. The van der Waals surface area contributed by atoms with Crippen LogP contribution in [0.5, 0.6) is 11.5 Å². The molecule has 0 unspecified atom stereocenters. The Labute approximate surface area is 325 Å². The van der Waals surface area contributed by atoms with E-state index in [-0.39, 0.29) is 0 Å². The highest BCUT2D eigenvalue weighted by atomic mass is 16.5. The number of para-hydroxylation sites is 2. The molecule has 0 fully saturated rings. The van der Waals surface area contributed by atoms with Gasteiger partial charge in [-0.2, -0.15) is 0 Å². The Balaban J connectivity index is 1.18. The van der Waals surface area contributed by atoms with Crippen LogP contribution in [0.2, 0.25) is 0 Å². The van der Waals surface area contributed by atoms with Gasteiger partial charge in [0.25, 0.3) is 0 Å². The van der Waals surface area contributed by atoms with Crippen LogP contribution in [0, 0.1) is 0 Å². The minimum absolute atomic E-state index is 0.605. The third-order valence-corrected chi connectivity index (χ3v) is 11.2. The van der Waals surface area contributed by atoms with Gasteiger partial charge in [0.15, 0.2) is 17.5 Å². The van der Waals surface area contributed by atoms with Gasteiger partial charge in [0.2, 0.25) is 0 Å². The molecule has 2 aliphatic rings. The van der Waals surface area contributed by atoms with E-state index in [0.29, 0.717) is 17.5 Å². The smallest absolute Gasteiger partial charge is 0.164 e. The van der Waals surface area contributed by atoms with Crippen molar-refractivity contribution in [3.05, 3.63) is 222 Å². The van der Waals surface area contributed by atoms with Gasteiger partial charge >= 0.3 is 0 Å². The quantitative estimate of drug-likeness (QED) is 0.178. The zero-order valence-electron chi connectivity index (χ0n) is 30.3. The monoisotopic (exact) mass is 715 g/mol. The van der Waals surface area contributed by atoms with Crippen molar-refractivity contribution >= 4 is 0 Å². The number of ether oxygens (including phenoxy) is 1. The highest BCUT2D eigenvalue weighted by molar-refractivity contribution is 5.91. The van der Waals surface area contributed by atoms with E-state index >= 15 is 0 Å². The first-order chi connectivity index (χ1) is 27.8. The number of nitrogens with zero attached hydrogens (tertiary/aromatic N) is 3. The second-order valence-corrected chi connectivity index (χ2v) is 14.3. The average molecular weight is 716 g/mol. The van der Waals surface area contributed by atoms with Crippen LogP contribution in [0.25, 0.3) is 67.5 Å². The van der Waals surface area contributed by atoms with Crippen LogP contribution in [-0.4, -0.2) is 15.0 Å². The van der Waals surface area contributed by atoms with E-state index in [1.165, 1.54) is 22.3 Å². The largest absolute Gasteiger partial charge is 0.457 e. The topological polar surface area (TPSA) is 47.9 Å². The maximum atomic E-state index is 6.60. The van der Waals surface area contributed by atoms with Gasteiger partial charge in [0, 0.05) is 27.8 Å². The minimum atomic E-state index is -0.605. The molecule has 0 saturated heterocycles. The van der Waals surface area contributed by atoms with Crippen molar-refractivity contribution in [2.24, 2.45) is 0 Å². The number of hydrogen-bond donors (Lipinski definition) is 0. The number of aromatic nitrogens is 3. The number of hydrogen-bond acceptors (Lipinski definition) is 4. The average Bonchev–Trinajstić information content (AvgIpc) is 3.57. The van der Waals surface area contributed by atoms with Crippen molar-refractivity contribution in [1.29, 1.82) is 0 Å². The molecular weight excluding hydrogens is 683 g/mol. The van der Waals surface area contributed by atoms with E-state index in [4.69, 9.17) is 19.7 Å². The van der Waals surface area contributed by atoms with E-state index in [1.807, 2.05) is 24.3 Å². The zero-order valence-corrected chi connectivity index (χ0v) is 30.3. The van der Waals surface area contributed by atoms with Crippen LogP contribution in [0.3, 0.4) is 0 Å². The molecule has 0 atom stereocenters. The SMILES string of the molecule is c1ccc(-c2ccccc2-c2nc(-c3ccc4c(c3)C3(c5ccccc5Oc5ccccc53)c3ccccc3-4)nc(-c3ccccc3-c3ccccc3)n2)cc1. The summed E-state index contributed by atoms with van der Waals surface area (Å²) in [6.07, 6.45) is 0. The van der Waals surface area contributed by atoms with Gasteiger partial charge in [0.05, 0.1) is 5.41 Å². The Morgan fingerprint density at radius 2 is 0.696 bits per heavy atom. The molecule has 1 spiro atoms. The van der Waals surface area contributed by atoms with E-state index in [2.05, 4.69) is 176 Å². The summed E-state index contributed by atoms with van der Waals surface area (Å²) in [6, 6.07) is 70.1. The Bertz CT molecular complexity index is 2810. The highest BCUT2D eigenvalue weighted by Gasteiger charge is 2.51. The van der Waals surface area contributed by atoms with Crippen molar-refractivity contribution in [3.63, 3.8) is 0 Å². The van der Waals surface area contributed by atoms with Crippen molar-refractivity contribution in [3.8, 4) is 79.0 Å². The number of fused-ring (bicyclic) bond motifs is 9. The van der Waals surface area contributed by atoms with Crippen molar-refractivity contribution < 1.29 is 4.74 Å². The standard InChI is InChI=1S/C52H33N3O/c1-3-17-34(18-4-1)37-21-7-9-24-41(37)50-53-49(54-51(55-50)42-25-10-8-22-38(42)35-19-5-2-6-20-35)36-31-32-40-39-23-11-12-26-43(39)52(46(40)33-36)44-27-13-15-29-47(44)56-48-30-16-14-28-45(48)52/h1-33H. The summed E-state index contributed by atoms with van der Waals surface area (Å²) >= 11 is 0. The summed E-state index contributed by atoms with van der Waals surface area (Å²) in [6.45, 7) is 0. The predicted molar refractivity (Wildman–Crippen MR) is 224 cm³/mol. The second kappa shape index (κ2) is 12.9. The van der Waals surface area contributed by atoms with Gasteiger partial charge in [0.1, 0.15) is 11.5 Å². The predicted octanol–water partition coefficient (Wildman–Crippen LogP) is 12.7. The van der Waals surface area contributed by atoms with Gasteiger partial charge in [-0.1, -0.05) is 182 Å². The first kappa shape index (κ1) is 32.0. The Hall–Kier alpha value is -7.43. The molecule has 0 saturated carbocycles. The van der Waals surface area contributed by atoms with E-state index < -0.39 is 5.41 Å². The van der Waals surface area contributed by atoms with Crippen molar-refractivity contribution in [2.75, 3.05) is 0 Å². The molecule has 11 rings (SSSR count). The molecule has 0 N–H and O–H groups in total. The molecule has 0 amide bonds. The normalized spacial score (nSPS) is 12.9. The molecule has 56 heavy (non-hydrogen) atoms. The van der Waals surface area contributed by atoms with E-state index in [9.17, 15) is 0 Å². The second-order valence-electron chi connectivity index (χ2n) is 14.3. The highest BCUT2D eigenvalue weighted by Crippen LogP contribution is 2.62. The molecule has 0 radical (unpaired) electrons. The Morgan fingerprint density at radius 3 is 1.25 bits per heavy atom. The first-order valence-electron chi connectivity index (χ1n) is 18.9. The van der Waals surface area contributed by atoms with Crippen LogP contribution in [-0.2, 0) is 5.41 Å². The van der Waals surface area contributed by atoms with Crippen molar-refractivity contribution in [2.45, 2.75) is 5.41 Å². The van der Waals surface area contributed by atoms with Gasteiger partial charge in [-0.15, -0.1) is 0 Å². The molecule has 0 bridgehead atoms. The lowest BCUT2D eigenvalue weighted by molar-refractivity contribution is 0.436. The fourth-order valence-electron chi connectivity index (χ4n) is 8.83. The summed E-state index contributed by atoms with van der Waals surface area (Å²) < 4.78 is 6.60. The third-order valence-electron chi connectivity index (χ3n) is 11.2. The molecule has 1 aromatic heterocycles. The lowest BCUT2D eigenvalue weighted by atomic mass is 9.66. The molecule has 1 aliphatic heterocycles. The maximum Gasteiger partial charge on any atom is 0.164 e. The third kappa shape index (κ3) is 4.89. The summed E-state index contributed by atoms with van der Waals surface area (Å²) in [4.78, 5) is 16.0. The molecule has 4 heteroatoms. The van der Waals surface area contributed by atoms with Crippen LogP contribution in [0.1, 0.15) is 22.3 Å². The van der Waals surface area contributed by atoms with Crippen molar-refractivity contribution in [1.82, 2.24) is 15.0 Å². The van der Waals surface area contributed by atoms with Gasteiger partial charge < -0.3 is 4.74 Å². The summed E-state index contributed by atoms with van der Waals surface area (Å²) in [7, 11) is 0. The minimum Gasteiger partial charge on any atom is -0.457 e. The van der Waals surface area contributed by atoms with E-state index in [0.717, 1.165) is 61.6 Å². The summed E-state index contributed by atoms with van der Waals surface area (Å²) in [5, 5.41) is 0. The molecule has 1 aliphatic carbocycles. The molecule has 262 valence electrons. The summed E-state index contributed by atoms with van der Waals surface area (Å²) in [5.41, 5.74) is 13.6.